The van der Waals surface area contributed by atoms with Gasteiger partial charge in [-0.2, -0.15) is 0 Å². The summed E-state index contributed by atoms with van der Waals surface area (Å²) in [6.07, 6.45) is 2.62. The zero-order chi connectivity index (χ0) is 11.4. The summed E-state index contributed by atoms with van der Waals surface area (Å²) in [6.45, 7) is 1.18. The highest BCUT2D eigenvalue weighted by molar-refractivity contribution is 9.10. The second-order valence-corrected chi connectivity index (χ2v) is 5.38. The van der Waals surface area contributed by atoms with E-state index in [-0.39, 0.29) is 0 Å². The maximum absolute atomic E-state index is 5.52. The molecule has 0 heterocycles. The molecule has 0 N–H and O–H groups in total. The molecule has 1 aromatic carbocycles. The summed E-state index contributed by atoms with van der Waals surface area (Å²) in [5.41, 5.74) is 1.18. The Labute approximate surface area is 113 Å². The molecule has 1 aromatic rings. The predicted molar refractivity (Wildman–Crippen MR) is 70.9 cm³/mol. The Morgan fingerprint density at radius 1 is 1.31 bits per heavy atom. The number of benzene rings is 1. The van der Waals surface area contributed by atoms with Crippen molar-refractivity contribution in [1.29, 1.82) is 0 Å². The topological polar surface area (TPSA) is 18.5 Å². The summed E-state index contributed by atoms with van der Waals surface area (Å²) in [5, 5.41) is 0.813. The summed E-state index contributed by atoms with van der Waals surface area (Å²) in [7, 11) is 0. The van der Waals surface area contributed by atoms with Crippen LogP contribution in [0.1, 0.15) is 18.4 Å². The highest BCUT2D eigenvalue weighted by Crippen LogP contribution is 2.29. The lowest BCUT2D eigenvalue weighted by Crippen LogP contribution is -2.05. The van der Waals surface area contributed by atoms with E-state index in [9.17, 15) is 0 Å². The molecular weight excluding hydrogens is 336 g/mol. The van der Waals surface area contributed by atoms with Crippen molar-refractivity contribution in [3.05, 3.63) is 28.2 Å². The second kappa shape index (κ2) is 6.03. The van der Waals surface area contributed by atoms with Gasteiger partial charge in [0.1, 0.15) is 5.75 Å². The van der Waals surface area contributed by atoms with Crippen molar-refractivity contribution in [2.75, 3.05) is 13.4 Å². The van der Waals surface area contributed by atoms with Gasteiger partial charge in [-0.25, -0.2) is 0 Å². The van der Waals surface area contributed by atoms with Crippen molar-refractivity contribution in [1.82, 2.24) is 0 Å². The maximum Gasteiger partial charge on any atom is 0.189 e. The average molecular weight is 350 g/mol. The Morgan fingerprint density at radius 2 is 2.12 bits per heavy atom. The number of rotatable bonds is 6. The van der Waals surface area contributed by atoms with Crippen LogP contribution in [0.4, 0.5) is 0 Å². The molecule has 1 aliphatic carbocycles. The van der Waals surface area contributed by atoms with Gasteiger partial charge in [0.05, 0.1) is 6.61 Å². The zero-order valence-corrected chi connectivity index (χ0v) is 12.1. The summed E-state index contributed by atoms with van der Waals surface area (Å²) in [5.74, 6) is 1.64. The summed E-state index contributed by atoms with van der Waals surface area (Å²) < 4.78 is 12.0. The van der Waals surface area contributed by atoms with Crippen LogP contribution in [-0.2, 0) is 10.1 Å². The zero-order valence-electron chi connectivity index (χ0n) is 8.92. The Morgan fingerprint density at radius 3 is 2.81 bits per heavy atom. The first-order valence-electron chi connectivity index (χ1n) is 5.34. The molecule has 0 radical (unpaired) electrons. The fourth-order valence-corrected chi connectivity index (χ4v) is 2.58. The van der Waals surface area contributed by atoms with Crippen molar-refractivity contribution < 1.29 is 9.47 Å². The number of hydrogen-bond donors (Lipinski definition) is 0. The molecule has 2 nitrogen and oxygen atoms in total. The normalized spacial score (nSPS) is 15.1. The first kappa shape index (κ1) is 12.4. The lowest BCUT2D eigenvalue weighted by atomic mass is 10.2. The first-order valence-corrected chi connectivity index (χ1v) is 7.26. The van der Waals surface area contributed by atoms with E-state index in [4.69, 9.17) is 9.47 Å². The third kappa shape index (κ3) is 3.75. The monoisotopic (exact) mass is 348 g/mol. The van der Waals surface area contributed by atoms with Crippen LogP contribution in [0.15, 0.2) is 22.7 Å². The van der Waals surface area contributed by atoms with Crippen LogP contribution < -0.4 is 4.74 Å². The smallest absolute Gasteiger partial charge is 0.189 e. The van der Waals surface area contributed by atoms with Gasteiger partial charge in [0, 0.05) is 9.80 Å². The minimum Gasteiger partial charge on any atom is -0.468 e. The van der Waals surface area contributed by atoms with E-state index in [1.54, 1.807) is 0 Å². The maximum atomic E-state index is 5.52. The lowest BCUT2D eigenvalue weighted by molar-refractivity contribution is 0.00995. The van der Waals surface area contributed by atoms with Crippen LogP contribution in [0.25, 0.3) is 0 Å². The molecule has 0 unspecified atom stereocenters. The number of ether oxygens (including phenoxy) is 2. The molecule has 2 rings (SSSR count). The van der Waals surface area contributed by atoms with Crippen LogP contribution in [-0.4, -0.2) is 13.4 Å². The van der Waals surface area contributed by atoms with Crippen LogP contribution in [0.3, 0.4) is 0 Å². The van der Waals surface area contributed by atoms with E-state index < -0.39 is 0 Å². The van der Waals surface area contributed by atoms with E-state index in [1.165, 1.54) is 18.4 Å². The van der Waals surface area contributed by atoms with Crippen LogP contribution in [0.5, 0.6) is 5.75 Å². The highest BCUT2D eigenvalue weighted by Gasteiger charge is 2.21. The Balaban J connectivity index is 1.78. The second-order valence-electron chi connectivity index (χ2n) is 3.96. The molecule has 1 fully saturated rings. The minimum atomic E-state index is 0.347. The number of halogens is 2. The fraction of sp³-hybridized carbons (Fsp3) is 0.500. The molecular formula is C12H14Br2O2. The molecule has 0 bridgehead atoms. The van der Waals surface area contributed by atoms with E-state index in [1.807, 2.05) is 18.2 Å². The number of alkyl halides is 1. The van der Waals surface area contributed by atoms with Crippen molar-refractivity contribution >= 4 is 31.9 Å². The molecule has 0 aromatic heterocycles. The summed E-state index contributed by atoms with van der Waals surface area (Å²) in [4.78, 5) is 0. The van der Waals surface area contributed by atoms with Gasteiger partial charge in [0.25, 0.3) is 0 Å². The van der Waals surface area contributed by atoms with Gasteiger partial charge in [-0.05, 0) is 42.5 Å². The molecule has 16 heavy (non-hydrogen) atoms. The van der Waals surface area contributed by atoms with E-state index in [2.05, 4.69) is 31.9 Å². The standard InChI is InChI=1S/C12H14Br2O2/c13-6-10-5-11(3-4-12(10)14)16-8-15-7-9-1-2-9/h3-5,9H,1-2,6-8H2. The van der Waals surface area contributed by atoms with Gasteiger partial charge < -0.3 is 9.47 Å². The third-order valence-electron chi connectivity index (χ3n) is 2.52. The Bertz CT molecular complexity index is 351. The molecule has 1 aliphatic rings. The molecule has 4 heteroatoms. The first-order chi connectivity index (χ1) is 7.79. The van der Waals surface area contributed by atoms with E-state index in [0.717, 1.165) is 28.1 Å². The molecule has 0 amide bonds. The summed E-state index contributed by atoms with van der Waals surface area (Å²) >= 11 is 6.92. The quantitative estimate of drug-likeness (QED) is 0.437. The lowest BCUT2D eigenvalue weighted by Gasteiger charge is -2.08. The fourth-order valence-electron chi connectivity index (χ4n) is 1.35. The number of hydrogen-bond acceptors (Lipinski definition) is 2. The van der Waals surface area contributed by atoms with E-state index in [0.29, 0.717) is 6.79 Å². The summed E-state index contributed by atoms with van der Waals surface area (Å²) in [6, 6.07) is 5.95. The Kier molecular flexibility index (Phi) is 4.67. The van der Waals surface area contributed by atoms with Crippen LogP contribution >= 0.6 is 31.9 Å². The van der Waals surface area contributed by atoms with Crippen molar-refractivity contribution in [3.63, 3.8) is 0 Å². The van der Waals surface area contributed by atoms with Gasteiger partial charge in [-0.1, -0.05) is 31.9 Å². The van der Waals surface area contributed by atoms with E-state index >= 15 is 0 Å². The SMILES string of the molecule is BrCc1cc(OCOCC2CC2)ccc1Br. The molecule has 1 saturated carbocycles. The van der Waals surface area contributed by atoms with Gasteiger partial charge >= 0.3 is 0 Å². The third-order valence-corrected chi connectivity index (χ3v) is 3.90. The largest absolute Gasteiger partial charge is 0.468 e. The van der Waals surface area contributed by atoms with Gasteiger partial charge in [0.15, 0.2) is 6.79 Å². The Hall–Kier alpha value is -0.0600. The molecule has 0 spiro atoms. The van der Waals surface area contributed by atoms with Crippen molar-refractivity contribution in [2.45, 2.75) is 18.2 Å². The highest BCUT2D eigenvalue weighted by atomic mass is 79.9. The minimum absolute atomic E-state index is 0.347. The van der Waals surface area contributed by atoms with Crippen molar-refractivity contribution in [3.8, 4) is 5.75 Å². The van der Waals surface area contributed by atoms with Gasteiger partial charge in [0.2, 0.25) is 0 Å². The molecule has 0 saturated heterocycles. The molecule has 0 aliphatic heterocycles. The molecule has 88 valence electrons. The van der Waals surface area contributed by atoms with Crippen LogP contribution in [0.2, 0.25) is 0 Å². The van der Waals surface area contributed by atoms with Gasteiger partial charge in [-0.15, -0.1) is 0 Å². The predicted octanol–water partition coefficient (Wildman–Crippen LogP) is 4.11. The average Bonchev–Trinajstić information content (AvgIpc) is 3.10. The molecule has 0 atom stereocenters. The van der Waals surface area contributed by atoms with Crippen molar-refractivity contribution in [2.24, 2.45) is 5.92 Å². The van der Waals surface area contributed by atoms with Gasteiger partial charge in [-0.3, -0.25) is 0 Å². The van der Waals surface area contributed by atoms with Crippen LogP contribution in [0, 0.1) is 5.92 Å².